The van der Waals surface area contributed by atoms with Crippen LogP contribution >= 0.6 is 0 Å². The second kappa shape index (κ2) is 3.35. The van der Waals surface area contributed by atoms with E-state index in [1.807, 2.05) is 6.92 Å². The Morgan fingerprint density at radius 3 is 2.69 bits per heavy atom. The molecule has 1 saturated carbocycles. The molecule has 1 aliphatic carbocycles. The lowest BCUT2D eigenvalue weighted by Gasteiger charge is -2.38. The van der Waals surface area contributed by atoms with Crippen LogP contribution in [0, 0.1) is 17.3 Å². The second-order valence-electron chi connectivity index (χ2n) is 4.74. The smallest absolute Gasteiger partial charge is 0.0603 e. The maximum Gasteiger partial charge on any atom is 0.0603 e. The Bertz CT molecular complexity index is 242. The molecule has 0 aromatic heterocycles. The third-order valence-corrected chi connectivity index (χ3v) is 3.76. The number of hydrogen-bond acceptors (Lipinski definition) is 1. The van der Waals surface area contributed by atoms with Crippen molar-refractivity contribution in [3.63, 3.8) is 0 Å². The van der Waals surface area contributed by atoms with E-state index in [0.717, 1.165) is 18.0 Å². The first-order valence-electron chi connectivity index (χ1n) is 5.39. The van der Waals surface area contributed by atoms with E-state index < -0.39 is 0 Å². The van der Waals surface area contributed by atoms with Gasteiger partial charge in [-0.3, -0.25) is 4.90 Å². The molecule has 0 radical (unpaired) electrons. The van der Waals surface area contributed by atoms with Gasteiger partial charge in [0.2, 0.25) is 0 Å². The predicted octanol–water partition coefficient (Wildman–Crippen LogP) is 2.27. The Morgan fingerprint density at radius 2 is 2.23 bits per heavy atom. The number of hydrogen-bond donors (Lipinski definition) is 0. The molecule has 72 valence electrons. The zero-order chi connectivity index (χ0) is 9.31. The molecule has 1 unspecified atom stereocenters. The molecule has 0 aromatic carbocycles. The van der Waals surface area contributed by atoms with Crippen LogP contribution < -0.4 is 0 Å². The van der Waals surface area contributed by atoms with Crippen molar-refractivity contribution in [1.82, 2.24) is 4.90 Å². The van der Waals surface area contributed by atoms with Gasteiger partial charge in [0.15, 0.2) is 0 Å². The van der Waals surface area contributed by atoms with E-state index >= 15 is 0 Å². The van der Waals surface area contributed by atoms with E-state index in [4.69, 9.17) is 0 Å². The maximum atomic E-state index is 3.18. The van der Waals surface area contributed by atoms with Crippen LogP contribution in [0.4, 0.5) is 0 Å². The third-order valence-electron chi connectivity index (χ3n) is 3.76. The van der Waals surface area contributed by atoms with Crippen LogP contribution in [0.2, 0.25) is 0 Å². The second-order valence-corrected chi connectivity index (χ2v) is 4.74. The molecule has 0 N–H and O–H groups in total. The first-order chi connectivity index (χ1) is 6.26. The molecule has 2 aliphatic rings. The Labute approximate surface area is 81.5 Å². The molecule has 1 saturated heterocycles. The fourth-order valence-electron chi connectivity index (χ4n) is 2.84. The highest BCUT2D eigenvalue weighted by atomic mass is 15.2. The van der Waals surface area contributed by atoms with Crippen molar-refractivity contribution in [3.05, 3.63) is 0 Å². The van der Waals surface area contributed by atoms with Gasteiger partial charge in [0.1, 0.15) is 0 Å². The molecule has 1 heteroatoms. The van der Waals surface area contributed by atoms with E-state index in [2.05, 4.69) is 23.7 Å². The summed E-state index contributed by atoms with van der Waals surface area (Å²) in [5.41, 5.74) is 0.717. The molecule has 13 heavy (non-hydrogen) atoms. The summed E-state index contributed by atoms with van der Waals surface area (Å²) in [6.45, 7) is 6.58. The summed E-state index contributed by atoms with van der Waals surface area (Å²) in [6.07, 6.45) is 5.80. The third kappa shape index (κ3) is 1.60. The monoisotopic (exact) mass is 177 g/mol. The Balaban J connectivity index is 1.94. The molecule has 1 atom stereocenters. The fraction of sp³-hybridized carbons (Fsp3) is 0.833. The van der Waals surface area contributed by atoms with Crippen LogP contribution in [-0.2, 0) is 0 Å². The molecular formula is C12H19N. The van der Waals surface area contributed by atoms with Crippen molar-refractivity contribution in [2.45, 2.75) is 45.6 Å². The summed E-state index contributed by atoms with van der Waals surface area (Å²) in [6, 6.07) is 0.765. The minimum atomic E-state index is 0.717. The van der Waals surface area contributed by atoms with Gasteiger partial charge in [-0.15, -0.1) is 5.92 Å². The topological polar surface area (TPSA) is 3.24 Å². The minimum absolute atomic E-state index is 0.717. The summed E-state index contributed by atoms with van der Waals surface area (Å²) in [5, 5.41) is 0. The molecule has 1 nitrogen and oxygen atoms in total. The molecule has 2 rings (SSSR count). The maximum absolute atomic E-state index is 3.18. The van der Waals surface area contributed by atoms with E-state index in [1.54, 1.807) is 0 Å². The standard InChI is InChI=1S/C12H19N/c1-3-4-8-13-10-12(6-5-7-12)9-11(13)2/h11H,5-10H2,1-2H3. The summed E-state index contributed by atoms with van der Waals surface area (Å²) < 4.78 is 0. The lowest BCUT2D eigenvalue weighted by molar-refractivity contribution is 0.143. The quantitative estimate of drug-likeness (QED) is 0.555. The highest BCUT2D eigenvalue weighted by Gasteiger charge is 2.45. The highest BCUT2D eigenvalue weighted by Crippen LogP contribution is 2.49. The van der Waals surface area contributed by atoms with Gasteiger partial charge in [0, 0.05) is 12.6 Å². The summed E-state index contributed by atoms with van der Waals surface area (Å²) >= 11 is 0. The van der Waals surface area contributed by atoms with Crippen molar-refractivity contribution >= 4 is 0 Å². The molecule has 0 aromatic rings. The van der Waals surface area contributed by atoms with Crippen LogP contribution in [0.15, 0.2) is 0 Å². The van der Waals surface area contributed by atoms with Crippen LogP contribution in [-0.4, -0.2) is 24.0 Å². The first-order valence-corrected chi connectivity index (χ1v) is 5.39. The van der Waals surface area contributed by atoms with Crippen LogP contribution in [0.3, 0.4) is 0 Å². The minimum Gasteiger partial charge on any atom is -0.289 e. The Hall–Kier alpha value is -0.480. The van der Waals surface area contributed by atoms with Crippen LogP contribution in [0.5, 0.6) is 0 Å². The predicted molar refractivity (Wildman–Crippen MR) is 55.4 cm³/mol. The van der Waals surface area contributed by atoms with Gasteiger partial charge in [-0.1, -0.05) is 12.3 Å². The fourth-order valence-corrected chi connectivity index (χ4v) is 2.84. The molecule has 1 spiro atoms. The number of likely N-dealkylation sites (tertiary alicyclic amines) is 1. The van der Waals surface area contributed by atoms with Gasteiger partial charge in [-0.25, -0.2) is 0 Å². The highest BCUT2D eigenvalue weighted by molar-refractivity contribution is 5.04. The lowest BCUT2D eigenvalue weighted by atomic mass is 9.68. The average Bonchev–Trinajstić information content (AvgIpc) is 2.39. The molecule has 0 amide bonds. The molecule has 0 bridgehead atoms. The van der Waals surface area contributed by atoms with Crippen molar-refractivity contribution in [1.29, 1.82) is 0 Å². The number of rotatable bonds is 1. The zero-order valence-electron chi connectivity index (χ0n) is 8.77. The van der Waals surface area contributed by atoms with E-state index in [1.165, 1.54) is 32.2 Å². The summed E-state index contributed by atoms with van der Waals surface area (Å²) in [7, 11) is 0. The van der Waals surface area contributed by atoms with Gasteiger partial charge in [-0.2, -0.15) is 0 Å². The van der Waals surface area contributed by atoms with Gasteiger partial charge in [0.25, 0.3) is 0 Å². The van der Waals surface area contributed by atoms with Crippen LogP contribution in [0.25, 0.3) is 0 Å². The summed E-state index contributed by atoms with van der Waals surface area (Å²) in [5.74, 6) is 6.17. The molecule has 1 heterocycles. The molecule has 2 fully saturated rings. The van der Waals surface area contributed by atoms with E-state index in [0.29, 0.717) is 0 Å². The van der Waals surface area contributed by atoms with Gasteiger partial charge < -0.3 is 0 Å². The normalized spacial score (nSPS) is 31.1. The Kier molecular flexibility index (Phi) is 2.34. The average molecular weight is 177 g/mol. The lowest BCUT2D eigenvalue weighted by Crippen LogP contribution is -2.33. The number of nitrogens with zero attached hydrogens (tertiary/aromatic N) is 1. The van der Waals surface area contributed by atoms with Crippen molar-refractivity contribution in [2.75, 3.05) is 13.1 Å². The zero-order valence-corrected chi connectivity index (χ0v) is 8.77. The van der Waals surface area contributed by atoms with E-state index in [-0.39, 0.29) is 0 Å². The molecular weight excluding hydrogens is 158 g/mol. The largest absolute Gasteiger partial charge is 0.289 e. The van der Waals surface area contributed by atoms with Crippen molar-refractivity contribution in [2.24, 2.45) is 5.41 Å². The van der Waals surface area contributed by atoms with Gasteiger partial charge in [0.05, 0.1) is 6.54 Å². The van der Waals surface area contributed by atoms with Crippen molar-refractivity contribution in [3.8, 4) is 11.8 Å². The molecule has 1 aliphatic heterocycles. The Morgan fingerprint density at radius 1 is 1.46 bits per heavy atom. The van der Waals surface area contributed by atoms with Gasteiger partial charge >= 0.3 is 0 Å². The van der Waals surface area contributed by atoms with Crippen LogP contribution in [0.1, 0.15) is 39.5 Å². The summed E-state index contributed by atoms with van der Waals surface area (Å²) in [4.78, 5) is 2.55. The first kappa shape index (κ1) is 9.09. The van der Waals surface area contributed by atoms with E-state index in [9.17, 15) is 0 Å². The van der Waals surface area contributed by atoms with Crippen molar-refractivity contribution < 1.29 is 0 Å². The SMILES string of the molecule is CC#CCN1CC2(CCC2)CC1C. The van der Waals surface area contributed by atoms with Gasteiger partial charge in [-0.05, 0) is 38.5 Å².